The van der Waals surface area contributed by atoms with E-state index in [-0.39, 0.29) is 11.7 Å². The number of halogens is 1. The maximum absolute atomic E-state index is 14.8. The summed E-state index contributed by atoms with van der Waals surface area (Å²) in [6, 6.07) is 14.9. The second-order valence-corrected chi connectivity index (χ2v) is 8.40. The second kappa shape index (κ2) is 9.53. The van der Waals surface area contributed by atoms with E-state index in [0.717, 1.165) is 30.2 Å². The minimum absolute atomic E-state index is 0.134. The number of hydrogen-bond donors (Lipinski definition) is 0. The molecule has 0 N–H and O–H groups in total. The summed E-state index contributed by atoms with van der Waals surface area (Å²) < 4.78 is 24.7. The topological polar surface area (TPSA) is 53.9 Å². The largest absolute Gasteiger partial charge is 0.378 e. The predicted molar refractivity (Wildman–Crippen MR) is 122 cm³/mol. The van der Waals surface area contributed by atoms with Crippen molar-refractivity contribution in [1.82, 2.24) is 19.2 Å². The molecule has 0 radical (unpaired) electrons. The number of nitrogens with zero attached hydrogens (tertiary/aromatic N) is 5. The molecule has 2 heterocycles. The molecule has 0 bridgehead atoms. The Hall–Kier alpha value is -2.84. The van der Waals surface area contributed by atoms with Crippen molar-refractivity contribution < 1.29 is 9.13 Å². The van der Waals surface area contributed by atoms with Crippen LogP contribution in [0, 0.1) is 5.82 Å². The van der Waals surface area contributed by atoms with Crippen molar-refractivity contribution in [2.45, 2.75) is 12.8 Å². The molecule has 0 aliphatic carbocycles. The van der Waals surface area contributed by atoms with Crippen LogP contribution in [0.25, 0.3) is 11.1 Å². The molecule has 1 saturated heterocycles. The van der Waals surface area contributed by atoms with Crippen molar-refractivity contribution in [3.63, 3.8) is 0 Å². The van der Waals surface area contributed by atoms with Gasteiger partial charge >= 0.3 is 0 Å². The third-order valence-electron chi connectivity index (χ3n) is 5.29. The van der Waals surface area contributed by atoms with Crippen molar-refractivity contribution in [1.29, 1.82) is 0 Å². The van der Waals surface area contributed by atoms with Crippen LogP contribution in [-0.2, 0) is 4.74 Å². The molecule has 1 aromatic heterocycles. The van der Waals surface area contributed by atoms with E-state index in [2.05, 4.69) is 14.3 Å². The first-order valence-electron chi connectivity index (χ1n) is 10.3. The summed E-state index contributed by atoms with van der Waals surface area (Å²) in [6.07, 6.45) is 0. The Labute approximate surface area is 186 Å². The lowest BCUT2D eigenvalue weighted by atomic mass is 9.96. The molecule has 31 heavy (non-hydrogen) atoms. The number of morpholine rings is 1. The summed E-state index contributed by atoms with van der Waals surface area (Å²) in [4.78, 5) is 13.5. The zero-order chi connectivity index (χ0) is 21.8. The minimum atomic E-state index is -0.244. The van der Waals surface area contributed by atoms with Gasteiger partial charge in [0.15, 0.2) is 5.82 Å². The van der Waals surface area contributed by atoms with Gasteiger partial charge in [0.2, 0.25) is 11.1 Å². The molecule has 2 aromatic carbocycles. The fraction of sp³-hybridized carbons (Fsp3) is 0.348. The summed E-state index contributed by atoms with van der Waals surface area (Å²) >= 11 is 1.26. The molecular weight excluding hydrogens is 413 g/mol. The van der Waals surface area contributed by atoms with Gasteiger partial charge in [-0.1, -0.05) is 49.4 Å². The zero-order valence-electron chi connectivity index (χ0n) is 18.0. The first-order valence-corrected chi connectivity index (χ1v) is 11.1. The molecule has 162 valence electrons. The third kappa shape index (κ3) is 4.91. The molecule has 1 aliphatic rings. The van der Waals surface area contributed by atoms with Crippen LogP contribution >= 0.6 is 11.5 Å². The monoisotopic (exact) mass is 439 g/mol. The number of ether oxygens (including phenoxy) is 1. The summed E-state index contributed by atoms with van der Waals surface area (Å²) in [7, 11) is 3.94. The number of aliphatic imine (C=N–C) groups is 1. The van der Waals surface area contributed by atoms with Gasteiger partial charge in [0.05, 0.1) is 13.2 Å². The SMILES string of the molecule is CC(c1ccc(-c2ccccc2)c(F)c1)c1nsc(/N=C(\N(C)C)N2CCOCC2)n1. The van der Waals surface area contributed by atoms with Crippen molar-refractivity contribution in [2.24, 2.45) is 4.99 Å². The van der Waals surface area contributed by atoms with Crippen molar-refractivity contribution in [2.75, 3.05) is 40.4 Å². The van der Waals surface area contributed by atoms with Gasteiger partial charge in [0, 0.05) is 50.2 Å². The van der Waals surface area contributed by atoms with E-state index in [9.17, 15) is 4.39 Å². The highest BCUT2D eigenvalue weighted by Crippen LogP contribution is 2.30. The smallest absolute Gasteiger partial charge is 0.232 e. The summed E-state index contributed by atoms with van der Waals surface area (Å²) in [6.45, 7) is 4.96. The molecule has 8 heteroatoms. The third-order valence-corrected chi connectivity index (χ3v) is 5.91. The van der Waals surface area contributed by atoms with Gasteiger partial charge in [-0.3, -0.25) is 0 Å². The standard InChI is InChI=1S/C23H26FN5OS/c1-16(18-9-10-19(20(24)15-18)17-7-5-4-6-8-17)21-25-22(31-27-21)26-23(28(2)3)29-11-13-30-14-12-29/h4-10,15-16H,11-14H2,1-3H3/b26-23+. The number of aromatic nitrogens is 2. The van der Waals surface area contributed by atoms with Crippen LogP contribution in [0.4, 0.5) is 9.52 Å². The average molecular weight is 440 g/mol. The molecule has 0 saturated carbocycles. The number of guanidine groups is 1. The maximum Gasteiger partial charge on any atom is 0.232 e. The highest BCUT2D eigenvalue weighted by Gasteiger charge is 2.20. The van der Waals surface area contributed by atoms with Gasteiger partial charge < -0.3 is 14.5 Å². The van der Waals surface area contributed by atoms with Crippen molar-refractivity contribution >= 4 is 22.6 Å². The Morgan fingerprint density at radius 2 is 1.90 bits per heavy atom. The van der Waals surface area contributed by atoms with E-state index < -0.39 is 0 Å². The van der Waals surface area contributed by atoms with E-state index in [1.54, 1.807) is 6.07 Å². The van der Waals surface area contributed by atoms with Gasteiger partial charge in [0.1, 0.15) is 5.82 Å². The fourth-order valence-electron chi connectivity index (χ4n) is 3.55. The van der Waals surface area contributed by atoms with Crippen molar-refractivity contribution in [3.8, 4) is 11.1 Å². The first kappa shape index (κ1) is 21.4. The lowest BCUT2D eigenvalue weighted by molar-refractivity contribution is 0.0638. The highest BCUT2D eigenvalue weighted by atomic mass is 32.1. The predicted octanol–water partition coefficient (Wildman–Crippen LogP) is 4.38. The lowest BCUT2D eigenvalue weighted by Crippen LogP contribution is -2.46. The van der Waals surface area contributed by atoms with Gasteiger partial charge in [-0.2, -0.15) is 9.37 Å². The van der Waals surface area contributed by atoms with E-state index in [0.29, 0.717) is 29.7 Å². The first-order chi connectivity index (χ1) is 15.0. The molecule has 4 rings (SSSR count). The molecule has 0 amide bonds. The van der Waals surface area contributed by atoms with Crippen LogP contribution < -0.4 is 0 Å². The fourth-order valence-corrected chi connectivity index (χ4v) is 4.18. The second-order valence-electron chi connectivity index (χ2n) is 7.67. The van der Waals surface area contributed by atoms with E-state index >= 15 is 0 Å². The van der Waals surface area contributed by atoms with Crippen LogP contribution in [0.3, 0.4) is 0 Å². The number of hydrogen-bond acceptors (Lipinski definition) is 5. The van der Waals surface area contributed by atoms with E-state index in [4.69, 9.17) is 9.73 Å². The molecule has 0 spiro atoms. The van der Waals surface area contributed by atoms with Crippen LogP contribution in [0.15, 0.2) is 53.5 Å². The van der Waals surface area contributed by atoms with Crippen molar-refractivity contribution in [3.05, 3.63) is 65.7 Å². The Morgan fingerprint density at radius 1 is 1.16 bits per heavy atom. The lowest BCUT2D eigenvalue weighted by Gasteiger charge is -2.32. The number of benzene rings is 2. The summed E-state index contributed by atoms with van der Waals surface area (Å²) in [5, 5.41) is 0.596. The van der Waals surface area contributed by atoms with Crippen LogP contribution in [-0.4, -0.2) is 65.5 Å². The van der Waals surface area contributed by atoms with E-state index in [1.807, 2.05) is 68.4 Å². The molecule has 1 atom stereocenters. The zero-order valence-corrected chi connectivity index (χ0v) is 18.8. The summed E-state index contributed by atoms with van der Waals surface area (Å²) in [5.74, 6) is 1.12. The van der Waals surface area contributed by atoms with Crippen LogP contribution in [0.5, 0.6) is 0 Å². The maximum atomic E-state index is 14.8. The number of rotatable bonds is 4. The van der Waals surface area contributed by atoms with Gasteiger partial charge in [-0.05, 0) is 17.2 Å². The normalized spacial score (nSPS) is 15.7. The molecular formula is C23H26FN5OS. The highest BCUT2D eigenvalue weighted by molar-refractivity contribution is 7.09. The molecule has 1 aliphatic heterocycles. The van der Waals surface area contributed by atoms with Gasteiger partial charge in [-0.15, -0.1) is 0 Å². The van der Waals surface area contributed by atoms with Crippen LogP contribution in [0.2, 0.25) is 0 Å². The van der Waals surface area contributed by atoms with Gasteiger partial charge in [-0.25, -0.2) is 9.37 Å². The Kier molecular flexibility index (Phi) is 6.58. The molecule has 1 fully saturated rings. The average Bonchev–Trinajstić information content (AvgIpc) is 3.26. The Balaban J connectivity index is 1.55. The van der Waals surface area contributed by atoms with Crippen LogP contribution in [0.1, 0.15) is 24.2 Å². The van der Waals surface area contributed by atoms with E-state index in [1.165, 1.54) is 11.5 Å². The molecule has 6 nitrogen and oxygen atoms in total. The molecule has 1 unspecified atom stereocenters. The van der Waals surface area contributed by atoms with Gasteiger partial charge in [0.25, 0.3) is 0 Å². The summed E-state index contributed by atoms with van der Waals surface area (Å²) in [5.41, 5.74) is 2.29. The molecule has 3 aromatic rings. The Bertz CT molecular complexity index is 1050. The minimum Gasteiger partial charge on any atom is -0.378 e. The Morgan fingerprint density at radius 3 is 2.58 bits per heavy atom. The quantitative estimate of drug-likeness (QED) is 0.446.